The SMILES string of the molecule is COC(=O)c1cn(S(=O)(=O)c2cccnc2)c(-c2ccccc2Cl)c1C1CC1. The van der Waals surface area contributed by atoms with E-state index < -0.39 is 16.0 Å². The Morgan fingerprint density at radius 3 is 2.57 bits per heavy atom. The van der Waals surface area contributed by atoms with Crippen molar-refractivity contribution in [2.75, 3.05) is 7.11 Å². The van der Waals surface area contributed by atoms with Crippen LogP contribution in [0.3, 0.4) is 0 Å². The molecular formula is C20H17ClN2O4S. The molecule has 2 heterocycles. The number of ether oxygens (including phenoxy) is 1. The topological polar surface area (TPSA) is 78.3 Å². The zero-order valence-electron chi connectivity index (χ0n) is 15.0. The fraction of sp³-hybridized carbons (Fsp3) is 0.200. The van der Waals surface area contributed by atoms with E-state index in [1.54, 1.807) is 30.3 Å². The molecule has 6 nitrogen and oxygen atoms in total. The number of hydrogen-bond acceptors (Lipinski definition) is 5. The molecule has 0 saturated heterocycles. The molecule has 0 N–H and O–H groups in total. The van der Waals surface area contributed by atoms with Gasteiger partial charge in [0, 0.05) is 29.2 Å². The first-order valence-corrected chi connectivity index (χ1v) is 10.5. The summed E-state index contributed by atoms with van der Waals surface area (Å²) in [6.07, 6.45) is 5.86. The van der Waals surface area contributed by atoms with Crippen LogP contribution in [0.5, 0.6) is 0 Å². The van der Waals surface area contributed by atoms with E-state index in [-0.39, 0.29) is 16.4 Å². The Kier molecular flexibility index (Phi) is 4.72. The summed E-state index contributed by atoms with van der Waals surface area (Å²) in [5, 5.41) is 0.404. The predicted molar refractivity (Wildman–Crippen MR) is 105 cm³/mol. The molecule has 1 fully saturated rings. The molecule has 0 aliphatic heterocycles. The van der Waals surface area contributed by atoms with Gasteiger partial charge in [0.1, 0.15) is 4.90 Å². The van der Waals surface area contributed by atoms with Crippen LogP contribution < -0.4 is 0 Å². The minimum atomic E-state index is -4.00. The summed E-state index contributed by atoms with van der Waals surface area (Å²) in [5.41, 5.74) is 1.85. The highest BCUT2D eigenvalue weighted by atomic mass is 35.5. The maximum atomic E-state index is 13.4. The standard InChI is InChI=1S/C20H17ClN2O4S/c1-27-20(24)16-12-23(28(25,26)14-5-4-10-22-11-14)19(18(16)13-8-9-13)15-6-2-3-7-17(15)21/h2-7,10-13H,8-9H2,1H3. The minimum absolute atomic E-state index is 0.0251. The number of benzene rings is 1. The Bertz CT molecular complexity index is 1150. The summed E-state index contributed by atoms with van der Waals surface area (Å²) >= 11 is 6.41. The number of methoxy groups -OCH3 is 1. The highest BCUT2D eigenvalue weighted by Crippen LogP contribution is 2.48. The van der Waals surface area contributed by atoms with Crippen molar-refractivity contribution in [3.63, 3.8) is 0 Å². The van der Waals surface area contributed by atoms with Crippen LogP contribution in [-0.2, 0) is 14.8 Å². The third kappa shape index (κ3) is 3.10. The third-order valence-electron chi connectivity index (χ3n) is 4.72. The molecule has 0 spiro atoms. The van der Waals surface area contributed by atoms with E-state index in [9.17, 15) is 13.2 Å². The average Bonchev–Trinajstić information content (AvgIpc) is 3.47. The van der Waals surface area contributed by atoms with Crippen molar-refractivity contribution in [2.24, 2.45) is 0 Å². The van der Waals surface area contributed by atoms with Crippen LogP contribution >= 0.6 is 11.6 Å². The van der Waals surface area contributed by atoms with Crippen LogP contribution in [0, 0.1) is 0 Å². The van der Waals surface area contributed by atoms with Gasteiger partial charge in [0.2, 0.25) is 0 Å². The molecular weight excluding hydrogens is 400 g/mol. The van der Waals surface area contributed by atoms with Crippen molar-refractivity contribution in [3.05, 3.63) is 71.1 Å². The average molecular weight is 417 g/mol. The van der Waals surface area contributed by atoms with E-state index >= 15 is 0 Å². The molecule has 1 saturated carbocycles. The Labute approximate surface area is 167 Å². The molecule has 0 radical (unpaired) electrons. The Hall–Kier alpha value is -2.64. The molecule has 28 heavy (non-hydrogen) atoms. The lowest BCUT2D eigenvalue weighted by Gasteiger charge is -2.13. The van der Waals surface area contributed by atoms with E-state index in [0.29, 0.717) is 21.8 Å². The van der Waals surface area contributed by atoms with Gasteiger partial charge >= 0.3 is 5.97 Å². The number of carbonyl (C=O) groups excluding carboxylic acids is 1. The Morgan fingerprint density at radius 1 is 1.21 bits per heavy atom. The summed E-state index contributed by atoms with van der Waals surface area (Å²) in [6, 6.07) is 10.0. The van der Waals surface area contributed by atoms with Crippen LogP contribution in [0.4, 0.5) is 0 Å². The van der Waals surface area contributed by atoms with Crippen molar-refractivity contribution in [2.45, 2.75) is 23.7 Å². The van der Waals surface area contributed by atoms with Gasteiger partial charge in [-0.25, -0.2) is 17.2 Å². The second-order valence-corrected chi connectivity index (χ2v) is 8.76. The van der Waals surface area contributed by atoms with E-state index in [2.05, 4.69) is 4.98 Å². The van der Waals surface area contributed by atoms with Gasteiger partial charge in [0.15, 0.2) is 0 Å². The van der Waals surface area contributed by atoms with Gasteiger partial charge in [-0.3, -0.25) is 4.98 Å². The number of esters is 1. The molecule has 0 amide bonds. The van der Waals surface area contributed by atoms with E-state index in [1.165, 1.54) is 31.8 Å². The zero-order chi connectivity index (χ0) is 19.9. The highest BCUT2D eigenvalue weighted by molar-refractivity contribution is 7.90. The molecule has 0 atom stereocenters. The zero-order valence-corrected chi connectivity index (χ0v) is 16.6. The number of rotatable bonds is 5. The summed E-state index contributed by atoms with van der Waals surface area (Å²) < 4.78 is 32.8. The molecule has 1 aromatic carbocycles. The Morgan fingerprint density at radius 2 is 1.96 bits per heavy atom. The smallest absolute Gasteiger partial charge is 0.339 e. The number of carbonyl (C=O) groups is 1. The monoisotopic (exact) mass is 416 g/mol. The van der Waals surface area contributed by atoms with E-state index in [1.807, 2.05) is 0 Å². The van der Waals surface area contributed by atoms with Crippen molar-refractivity contribution >= 4 is 27.6 Å². The fourth-order valence-electron chi connectivity index (χ4n) is 3.28. The first-order valence-electron chi connectivity index (χ1n) is 8.69. The summed E-state index contributed by atoms with van der Waals surface area (Å²) in [6.45, 7) is 0. The third-order valence-corrected chi connectivity index (χ3v) is 6.70. The van der Waals surface area contributed by atoms with Gasteiger partial charge in [-0.2, -0.15) is 0 Å². The second-order valence-electron chi connectivity index (χ2n) is 6.54. The number of aromatic nitrogens is 2. The number of pyridine rings is 1. The van der Waals surface area contributed by atoms with Crippen LogP contribution in [0.15, 0.2) is 59.9 Å². The largest absolute Gasteiger partial charge is 0.465 e. The highest BCUT2D eigenvalue weighted by Gasteiger charge is 2.37. The molecule has 4 rings (SSSR count). The maximum Gasteiger partial charge on any atom is 0.339 e. The molecule has 3 aromatic rings. The van der Waals surface area contributed by atoms with Crippen LogP contribution in [-0.4, -0.2) is 30.5 Å². The lowest BCUT2D eigenvalue weighted by atomic mass is 10.0. The van der Waals surface area contributed by atoms with E-state index in [4.69, 9.17) is 16.3 Å². The quantitative estimate of drug-likeness (QED) is 0.585. The molecule has 0 unspecified atom stereocenters. The van der Waals surface area contributed by atoms with Gasteiger partial charge < -0.3 is 4.74 Å². The number of nitrogens with zero attached hydrogens (tertiary/aromatic N) is 2. The van der Waals surface area contributed by atoms with Gasteiger partial charge in [0.25, 0.3) is 10.0 Å². The Balaban J connectivity index is 2.06. The second kappa shape index (κ2) is 7.07. The van der Waals surface area contributed by atoms with Crippen molar-refractivity contribution in [1.82, 2.24) is 8.96 Å². The van der Waals surface area contributed by atoms with Crippen LogP contribution in [0.25, 0.3) is 11.3 Å². The molecule has 144 valence electrons. The fourth-order valence-corrected chi connectivity index (χ4v) is 4.85. The lowest BCUT2D eigenvalue weighted by molar-refractivity contribution is 0.0599. The molecule has 1 aliphatic carbocycles. The normalized spacial score (nSPS) is 14.1. The number of hydrogen-bond donors (Lipinski definition) is 0. The van der Waals surface area contributed by atoms with Crippen molar-refractivity contribution in [3.8, 4) is 11.3 Å². The molecule has 8 heteroatoms. The van der Waals surface area contributed by atoms with Gasteiger partial charge in [-0.15, -0.1) is 0 Å². The van der Waals surface area contributed by atoms with Crippen molar-refractivity contribution < 1.29 is 17.9 Å². The van der Waals surface area contributed by atoms with Gasteiger partial charge in [-0.05, 0) is 42.5 Å². The summed E-state index contributed by atoms with van der Waals surface area (Å²) in [4.78, 5) is 16.4. The van der Waals surface area contributed by atoms with Crippen molar-refractivity contribution in [1.29, 1.82) is 0 Å². The van der Waals surface area contributed by atoms with Gasteiger partial charge in [0.05, 0.1) is 18.4 Å². The van der Waals surface area contributed by atoms with Crippen LogP contribution in [0.2, 0.25) is 5.02 Å². The summed E-state index contributed by atoms with van der Waals surface area (Å²) in [5.74, 6) is -0.485. The van der Waals surface area contributed by atoms with E-state index in [0.717, 1.165) is 16.8 Å². The maximum absolute atomic E-state index is 13.4. The number of halogens is 1. The van der Waals surface area contributed by atoms with Crippen LogP contribution in [0.1, 0.15) is 34.7 Å². The minimum Gasteiger partial charge on any atom is -0.465 e. The lowest BCUT2D eigenvalue weighted by Crippen LogP contribution is -2.14. The predicted octanol–water partition coefficient (Wildman–Crippen LogP) is 4.10. The first kappa shape index (κ1) is 18.7. The first-order chi connectivity index (χ1) is 13.4. The van der Waals surface area contributed by atoms with Gasteiger partial charge in [-0.1, -0.05) is 29.8 Å². The molecule has 0 bridgehead atoms. The molecule has 1 aliphatic rings. The summed E-state index contributed by atoms with van der Waals surface area (Å²) in [7, 11) is -2.72. The molecule has 2 aromatic heterocycles.